The number of nitrogens with one attached hydrogen (secondary N) is 1. The van der Waals surface area contributed by atoms with Gasteiger partial charge in [0, 0.05) is 31.7 Å². The summed E-state index contributed by atoms with van der Waals surface area (Å²) in [5, 5.41) is 14.9. The van der Waals surface area contributed by atoms with Gasteiger partial charge in [-0.2, -0.15) is 0 Å². The van der Waals surface area contributed by atoms with Crippen molar-refractivity contribution in [1.29, 1.82) is 0 Å². The van der Waals surface area contributed by atoms with Gasteiger partial charge in [-0.1, -0.05) is 12.1 Å². The number of carbonyl (C=O) groups is 1. The molecule has 1 fully saturated rings. The highest BCUT2D eigenvalue weighted by Crippen LogP contribution is 2.38. The van der Waals surface area contributed by atoms with Gasteiger partial charge in [0.1, 0.15) is 0 Å². The summed E-state index contributed by atoms with van der Waals surface area (Å²) >= 11 is 0. The summed E-state index contributed by atoms with van der Waals surface area (Å²) in [6.07, 6.45) is 4.48. The highest BCUT2D eigenvalue weighted by Gasteiger charge is 2.38. The van der Waals surface area contributed by atoms with Crippen LogP contribution in [0.3, 0.4) is 0 Å². The predicted molar refractivity (Wildman–Crippen MR) is 90.2 cm³/mol. The van der Waals surface area contributed by atoms with Crippen LogP contribution in [0.4, 0.5) is 0 Å². The number of carbonyl (C=O) groups excluding carboxylic acids is 1. The van der Waals surface area contributed by atoms with Crippen molar-refractivity contribution in [3.63, 3.8) is 0 Å². The molecule has 0 aliphatic carbocycles. The van der Waals surface area contributed by atoms with E-state index in [0.29, 0.717) is 18.6 Å². The fourth-order valence-electron chi connectivity index (χ4n) is 3.43. The van der Waals surface area contributed by atoms with Crippen molar-refractivity contribution < 1.29 is 14.6 Å². The largest absolute Gasteiger partial charge is 0.385 e. The van der Waals surface area contributed by atoms with Crippen LogP contribution in [-0.4, -0.2) is 37.8 Å². The van der Waals surface area contributed by atoms with E-state index in [4.69, 9.17) is 10.5 Å². The zero-order valence-electron chi connectivity index (χ0n) is 13.9. The van der Waals surface area contributed by atoms with Crippen molar-refractivity contribution in [1.82, 2.24) is 5.32 Å². The van der Waals surface area contributed by atoms with E-state index < -0.39 is 11.5 Å². The second-order valence-corrected chi connectivity index (χ2v) is 6.36. The number of methoxy groups -OCH3 is 1. The van der Waals surface area contributed by atoms with Gasteiger partial charge in [0.05, 0.1) is 5.60 Å². The minimum Gasteiger partial charge on any atom is -0.385 e. The Bertz CT molecular complexity index is 515. The van der Waals surface area contributed by atoms with Gasteiger partial charge in [-0.25, -0.2) is 0 Å². The number of benzene rings is 1. The van der Waals surface area contributed by atoms with Crippen LogP contribution in [0.5, 0.6) is 0 Å². The maximum atomic E-state index is 11.5. The molecule has 5 heteroatoms. The molecule has 4 N–H and O–H groups in total. The van der Waals surface area contributed by atoms with Gasteiger partial charge in [0.2, 0.25) is 5.91 Å². The molecule has 1 aromatic carbocycles. The number of hydrogen-bond donors (Lipinski definition) is 3. The summed E-state index contributed by atoms with van der Waals surface area (Å²) in [5.41, 5.74) is 5.69. The van der Waals surface area contributed by atoms with Gasteiger partial charge < -0.3 is 20.9 Å². The molecule has 1 amide bonds. The second-order valence-electron chi connectivity index (χ2n) is 6.36. The van der Waals surface area contributed by atoms with E-state index in [1.54, 1.807) is 25.3 Å². The molecule has 1 aliphatic rings. The van der Waals surface area contributed by atoms with Gasteiger partial charge in [-0.3, -0.25) is 4.79 Å². The van der Waals surface area contributed by atoms with E-state index in [-0.39, 0.29) is 5.92 Å². The van der Waals surface area contributed by atoms with Crippen molar-refractivity contribution in [3.05, 3.63) is 35.4 Å². The number of piperidine rings is 1. The number of ether oxygens (including phenoxy) is 1. The predicted octanol–water partition coefficient (Wildman–Crippen LogP) is 1.79. The van der Waals surface area contributed by atoms with E-state index in [1.807, 2.05) is 6.07 Å². The molecule has 1 aromatic rings. The Labute approximate surface area is 138 Å². The molecule has 23 heavy (non-hydrogen) atoms. The molecule has 1 heterocycles. The monoisotopic (exact) mass is 320 g/mol. The van der Waals surface area contributed by atoms with Crippen molar-refractivity contribution in [2.75, 3.05) is 26.8 Å². The summed E-state index contributed by atoms with van der Waals surface area (Å²) in [6.45, 7) is 2.49. The standard InChI is InChI=1S/C18H28N2O3/c1-23-11-3-2-9-18(22,16-8-5-10-20-13-16)15-7-4-6-14(12-15)17(19)21/h4,6-7,12,16,20,22H,2-3,5,8-11,13H2,1H3,(H2,19,21)/t16?,18-/m1/s1. The molecular formula is C18H28N2O3. The zero-order valence-corrected chi connectivity index (χ0v) is 13.9. The first-order chi connectivity index (χ1) is 11.1. The molecule has 1 saturated heterocycles. The number of aliphatic hydroxyl groups is 1. The van der Waals surface area contributed by atoms with Crippen LogP contribution in [0.25, 0.3) is 0 Å². The summed E-state index contributed by atoms with van der Waals surface area (Å²) in [5.74, 6) is -0.322. The van der Waals surface area contributed by atoms with E-state index in [9.17, 15) is 9.90 Å². The number of amides is 1. The quantitative estimate of drug-likeness (QED) is 0.638. The summed E-state index contributed by atoms with van der Waals surface area (Å²) in [7, 11) is 1.69. The molecule has 128 valence electrons. The first-order valence-electron chi connectivity index (χ1n) is 8.40. The summed E-state index contributed by atoms with van der Waals surface area (Å²) in [6, 6.07) is 7.13. The third kappa shape index (κ3) is 4.53. The highest BCUT2D eigenvalue weighted by atomic mass is 16.5. The smallest absolute Gasteiger partial charge is 0.248 e. The Morgan fingerprint density at radius 1 is 1.48 bits per heavy atom. The van der Waals surface area contributed by atoms with Crippen LogP contribution in [0.2, 0.25) is 0 Å². The number of nitrogens with two attached hydrogens (primary N) is 1. The number of unbranched alkanes of at least 4 members (excludes halogenated alkanes) is 1. The Hall–Kier alpha value is -1.43. The van der Waals surface area contributed by atoms with Crippen molar-refractivity contribution >= 4 is 5.91 Å². The van der Waals surface area contributed by atoms with Crippen LogP contribution < -0.4 is 11.1 Å². The van der Waals surface area contributed by atoms with Crippen molar-refractivity contribution in [3.8, 4) is 0 Å². The fourth-order valence-corrected chi connectivity index (χ4v) is 3.43. The number of rotatable bonds is 8. The van der Waals surface area contributed by atoms with Crippen LogP contribution in [0.1, 0.15) is 48.0 Å². The summed E-state index contributed by atoms with van der Waals surface area (Å²) in [4.78, 5) is 11.5. The van der Waals surface area contributed by atoms with E-state index in [1.165, 1.54) is 0 Å². The average molecular weight is 320 g/mol. The lowest BCUT2D eigenvalue weighted by Crippen LogP contribution is -2.44. The molecular weight excluding hydrogens is 292 g/mol. The molecule has 0 aromatic heterocycles. The third-order valence-corrected chi connectivity index (χ3v) is 4.78. The topological polar surface area (TPSA) is 84.6 Å². The molecule has 1 unspecified atom stereocenters. The second kappa shape index (κ2) is 8.43. The highest BCUT2D eigenvalue weighted by molar-refractivity contribution is 5.92. The molecule has 0 bridgehead atoms. The first-order valence-corrected chi connectivity index (χ1v) is 8.40. The molecule has 2 atom stereocenters. The third-order valence-electron chi connectivity index (χ3n) is 4.78. The van der Waals surface area contributed by atoms with Crippen LogP contribution in [-0.2, 0) is 10.3 Å². The SMILES string of the molecule is COCCCC[C@@](O)(c1cccc(C(N)=O)c1)C1CCCNC1. The molecule has 0 radical (unpaired) electrons. The zero-order chi connectivity index (χ0) is 16.7. The van der Waals surface area contributed by atoms with Crippen molar-refractivity contribution in [2.45, 2.75) is 37.7 Å². The maximum absolute atomic E-state index is 11.5. The molecule has 2 rings (SSSR count). The lowest BCUT2D eigenvalue weighted by Gasteiger charge is -2.39. The van der Waals surface area contributed by atoms with Gasteiger partial charge >= 0.3 is 0 Å². The van der Waals surface area contributed by atoms with E-state index >= 15 is 0 Å². The van der Waals surface area contributed by atoms with Crippen LogP contribution in [0, 0.1) is 5.92 Å². The number of hydrogen-bond acceptors (Lipinski definition) is 4. The molecule has 0 saturated carbocycles. The van der Waals surface area contributed by atoms with E-state index in [2.05, 4.69) is 5.32 Å². The molecule has 5 nitrogen and oxygen atoms in total. The van der Waals surface area contributed by atoms with Crippen LogP contribution >= 0.6 is 0 Å². The normalized spacial score (nSPS) is 20.9. The Balaban J connectivity index is 2.24. The van der Waals surface area contributed by atoms with Gasteiger partial charge in [-0.15, -0.1) is 0 Å². The minimum absolute atomic E-state index is 0.141. The lowest BCUT2D eigenvalue weighted by atomic mass is 9.74. The Kier molecular flexibility index (Phi) is 6.57. The van der Waals surface area contributed by atoms with E-state index in [0.717, 1.165) is 44.3 Å². The lowest BCUT2D eigenvalue weighted by molar-refractivity contribution is -0.0434. The fraction of sp³-hybridized carbons (Fsp3) is 0.611. The van der Waals surface area contributed by atoms with Crippen molar-refractivity contribution in [2.24, 2.45) is 11.7 Å². The maximum Gasteiger partial charge on any atom is 0.248 e. The molecule has 0 spiro atoms. The van der Waals surface area contributed by atoms with Gasteiger partial charge in [0.15, 0.2) is 0 Å². The Morgan fingerprint density at radius 3 is 2.96 bits per heavy atom. The average Bonchev–Trinajstić information content (AvgIpc) is 2.59. The minimum atomic E-state index is -0.938. The Morgan fingerprint density at radius 2 is 2.30 bits per heavy atom. The summed E-state index contributed by atoms with van der Waals surface area (Å²) < 4.78 is 5.10. The first kappa shape index (κ1) is 17.9. The van der Waals surface area contributed by atoms with Crippen LogP contribution in [0.15, 0.2) is 24.3 Å². The molecule has 1 aliphatic heterocycles. The number of primary amides is 1. The van der Waals surface area contributed by atoms with Gasteiger partial charge in [0.25, 0.3) is 0 Å². The van der Waals surface area contributed by atoms with Gasteiger partial charge in [-0.05, 0) is 56.3 Å².